The molecule has 2 heterocycles. The first-order valence-electron chi connectivity index (χ1n) is 11.4. The van der Waals surface area contributed by atoms with Crippen LogP contribution in [-0.2, 0) is 9.59 Å². The number of piperidine rings is 1. The Kier molecular flexibility index (Phi) is 7.53. The highest BCUT2D eigenvalue weighted by Gasteiger charge is 2.48. The molecule has 2 saturated heterocycles. The fourth-order valence-corrected chi connectivity index (χ4v) is 4.72. The molecular formula is C24H26F2N4O6. The zero-order valence-corrected chi connectivity index (χ0v) is 19.2. The molecule has 10 nitrogen and oxygen atoms in total. The number of nitrogens with one attached hydrogen (secondary N) is 1. The van der Waals surface area contributed by atoms with E-state index >= 15 is 0 Å². The van der Waals surface area contributed by atoms with E-state index in [-0.39, 0.29) is 18.7 Å². The molecule has 0 radical (unpaired) electrons. The lowest BCUT2D eigenvalue weighted by Crippen LogP contribution is -2.64. The van der Waals surface area contributed by atoms with E-state index in [2.05, 4.69) is 4.90 Å². The number of carbonyl (C=O) groups is 3. The Morgan fingerprint density at radius 1 is 1.00 bits per heavy atom. The summed E-state index contributed by atoms with van der Waals surface area (Å²) in [4.78, 5) is 42.5. The number of hydrogen-bond donors (Lipinski definition) is 3. The van der Waals surface area contributed by atoms with Gasteiger partial charge in [0.15, 0.2) is 11.6 Å². The highest BCUT2D eigenvalue weighted by Crippen LogP contribution is 2.30. The number of piperazine rings is 1. The standard InChI is InChI=1S/C24H26F2N4O6/c25-15-6-7-20(19(26)12-15)36-17-13-18(22(31)27-35)21(30(14-17)24(33)34)23(32)29-10-8-28(9-11-29)16-4-2-1-3-5-16/h1-7,12,17-18,21,35H,8-11,13-14H2,(H,27,31)(H,33,34)/t17-,18-,21-/m0/s1. The fourth-order valence-electron chi connectivity index (χ4n) is 4.72. The Morgan fingerprint density at radius 3 is 2.31 bits per heavy atom. The molecule has 0 bridgehead atoms. The third kappa shape index (κ3) is 5.33. The molecule has 2 aliphatic rings. The van der Waals surface area contributed by atoms with Gasteiger partial charge in [0.2, 0.25) is 11.8 Å². The van der Waals surface area contributed by atoms with Gasteiger partial charge in [0.25, 0.3) is 0 Å². The van der Waals surface area contributed by atoms with Crippen LogP contribution in [0, 0.1) is 17.6 Å². The number of carboxylic acid groups (broad SMARTS) is 1. The average Bonchev–Trinajstić information content (AvgIpc) is 2.89. The summed E-state index contributed by atoms with van der Waals surface area (Å²) in [5, 5.41) is 19.2. The smallest absolute Gasteiger partial charge is 0.408 e. The number of para-hydroxylation sites is 1. The van der Waals surface area contributed by atoms with E-state index in [0.29, 0.717) is 32.2 Å². The van der Waals surface area contributed by atoms with Crippen LogP contribution in [-0.4, -0.2) is 82.9 Å². The summed E-state index contributed by atoms with van der Waals surface area (Å²) in [5.41, 5.74) is 2.50. The van der Waals surface area contributed by atoms with Crippen LogP contribution in [0.2, 0.25) is 0 Å². The van der Waals surface area contributed by atoms with Gasteiger partial charge in [0.1, 0.15) is 18.0 Å². The van der Waals surface area contributed by atoms with E-state index in [1.165, 1.54) is 10.4 Å². The van der Waals surface area contributed by atoms with Gasteiger partial charge < -0.3 is 19.6 Å². The van der Waals surface area contributed by atoms with Crippen molar-refractivity contribution in [2.75, 3.05) is 37.6 Å². The molecular weight excluding hydrogens is 478 g/mol. The summed E-state index contributed by atoms with van der Waals surface area (Å²) in [6.07, 6.45) is -2.67. The number of rotatable bonds is 5. The van der Waals surface area contributed by atoms with E-state index in [4.69, 9.17) is 4.74 Å². The average molecular weight is 504 g/mol. The van der Waals surface area contributed by atoms with Crippen molar-refractivity contribution in [3.63, 3.8) is 0 Å². The lowest BCUT2D eigenvalue weighted by Gasteiger charge is -2.44. The third-order valence-corrected chi connectivity index (χ3v) is 6.48. The number of likely N-dealkylation sites (tertiary alicyclic amines) is 1. The molecule has 3 amide bonds. The third-order valence-electron chi connectivity index (χ3n) is 6.48. The molecule has 192 valence electrons. The molecule has 2 aliphatic heterocycles. The highest BCUT2D eigenvalue weighted by atomic mass is 19.1. The first kappa shape index (κ1) is 25.2. The van der Waals surface area contributed by atoms with Gasteiger partial charge in [-0.2, -0.15) is 0 Å². The molecule has 2 aromatic carbocycles. The van der Waals surface area contributed by atoms with Gasteiger partial charge >= 0.3 is 6.09 Å². The van der Waals surface area contributed by atoms with Gasteiger partial charge in [-0.05, 0) is 24.3 Å². The predicted molar refractivity (Wildman–Crippen MR) is 123 cm³/mol. The van der Waals surface area contributed by atoms with Crippen LogP contribution in [0.25, 0.3) is 0 Å². The number of benzene rings is 2. The second-order valence-electron chi connectivity index (χ2n) is 8.66. The van der Waals surface area contributed by atoms with Gasteiger partial charge in [0, 0.05) is 44.4 Å². The van der Waals surface area contributed by atoms with Gasteiger partial charge in [-0.15, -0.1) is 0 Å². The molecule has 0 spiro atoms. The van der Waals surface area contributed by atoms with E-state index in [0.717, 1.165) is 22.7 Å². The molecule has 0 aliphatic carbocycles. The summed E-state index contributed by atoms with van der Waals surface area (Å²) in [6, 6.07) is 10.9. The molecule has 2 fully saturated rings. The maximum Gasteiger partial charge on any atom is 0.408 e. The minimum Gasteiger partial charge on any atom is -0.485 e. The topological polar surface area (TPSA) is 123 Å². The first-order valence-corrected chi connectivity index (χ1v) is 11.4. The SMILES string of the molecule is O=C(NO)[C@H]1C[C@H](Oc2ccc(F)cc2F)CN(C(=O)O)[C@@H]1C(=O)N1CCN(c2ccccc2)CC1. The number of halogens is 2. The predicted octanol–water partition coefficient (Wildman–Crippen LogP) is 1.93. The van der Waals surface area contributed by atoms with Crippen LogP contribution < -0.4 is 15.1 Å². The number of ether oxygens (including phenoxy) is 1. The Hall–Kier alpha value is -3.93. The van der Waals surface area contributed by atoms with Crippen LogP contribution in [0.1, 0.15) is 6.42 Å². The quantitative estimate of drug-likeness (QED) is 0.420. The van der Waals surface area contributed by atoms with Gasteiger partial charge in [-0.25, -0.2) is 19.1 Å². The van der Waals surface area contributed by atoms with Gasteiger partial charge in [-0.3, -0.25) is 19.7 Å². The molecule has 0 aromatic heterocycles. The Morgan fingerprint density at radius 2 is 1.69 bits per heavy atom. The van der Waals surface area contributed by atoms with Crippen molar-refractivity contribution in [2.45, 2.75) is 18.6 Å². The van der Waals surface area contributed by atoms with Crippen LogP contribution in [0.15, 0.2) is 48.5 Å². The molecule has 4 rings (SSSR count). The molecule has 3 N–H and O–H groups in total. The van der Waals surface area contributed by atoms with Crippen molar-refractivity contribution in [3.8, 4) is 5.75 Å². The van der Waals surface area contributed by atoms with Gasteiger partial charge in [-0.1, -0.05) is 18.2 Å². The van der Waals surface area contributed by atoms with Crippen molar-refractivity contribution in [1.29, 1.82) is 0 Å². The first-order chi connectivity index (χ1) is 17.3. The lowest BCUT2D eigenvalue weighted by molar-refractivity contribution is -0.150. The summed E-state index contributed by atoms with van der Waals surface area (Å²) in [5.74, 6) is -4.95. The van der Waals surface area contributed by atoms with E-state index in [1.807, 2.05) is 30.3 Å². The van der Waals surface area contributed by atoms with E-state index in [1.54, 1.807) is 0 Å². The number of anilines is 1. The zero-order valence-electron chi connectivity index (χ0n) is 19.2. The molecule has 12 heteroatoms. The van der Waals surface area contributed by atoms with E-state index in [9.17, 15) is 33.5 Å². The Bertz CT molecular complexity index is 1110. The maximum atomic E-state index is 14.1. The number of nitrogens with zero attached hydrogens (tertiary/aromatic N) is 3. The fraction of sp³-hybridized carbons (Fsp3) is 0.375. The molecule has 2 aromatic rings. The molecule has 3 atom stereocenters. The largest absolute Gasteiger partial charge is 0.485 e. The summed E-state index contributed by atoms with van der Waals surface area (Å²) >= 11 is 0. The van der Waals surface area contributed by atoms with Crippen LogP contribution in [0.3, 0.4) is 0 Å². The number of amides is 3. The van der Waals surface area contributed by atoms with Gasteiger partial charge in [0.05, 0.1) is 12.5 Å². The second-order valence-corrected chi connectivity index (χ2v) is 8.66. The van der Waals surface area contributed by atoms with Crippen LogP contribution >= 0.6 is 0 Å². The minimum absolute atomic E-state index is 0.173. The molecule has 36 heavy (non-hydrogen) atoms. The van der Waals surface area contributed by atoms with Crippen molar-refractivity contribution >= 4 is 23.6 Å². The summed E-state index contributed by atoms with van der Waals surface area (Å²) in [6.45, 7) is 1.32. The molecule has 0 unspecified atom stereocenters. The second kappa shape index (κ2) is 10.8. The Labute approximate surface area is 205 Å². The normalized spacial score (nSPS) is 22.2. The van der Waals surface area contributed by atoms with Crippen LogP contribution in [0.4, 0.5) is 19.3 Å². The minimum atomic E-state index is -1.47. The zero-order chi connectivity index (χ0) is 25.8. The number of carbonyl (C=O) groups excluding carboxylic acids is 2. The van der Waals surface area contributed by atoms with Crippen molar-refractivity contribution < 1.29 is 38.2 Å². The summed E-state index contributed by atoms with van der Waals surface area (Å²) in [7, 11) is 0. The molecule has 0 saturated carbocycles. The van der Waals surface area contributed by atoms with Crippen molar-refractivity contribution in [3.05, 3.63) is 60.2 Å². The number of hydroxylamine groups is 1. The number of hydrogen-bond acceptors (Lipinski definition) is 6. The van der Waals surface area contributed by atoms with Crippen molar-refractivity contribution in [1.82, 2.24) is 15.3 Å². The summed E-state index contributed by atoms with van der Waals surface area (Å²) < 4.78 is 32.9. The maximum absolute atomic E-state index is 14.1. The van der Waals surface area contributed by atoms with E-state index < -0.39 is 47.6 Å². The van der Waals surface area contributed by atoms with Crippen LogP contribution in [0.5, 0.6) is 5.75 Å². The monoisotopic (exact) mass is 504 g/mol. The van der Waals surface area contributed by atoms with Crippen molar-refractivity contribution in [2.24, 2.45) is 5.92 Å². The lowest BCUT2D eigenvalue weighted by atomic mass is 9.86. The Balaban J connectivity index is 1.52. The highest BCUT2D eigenvalue weighted by molar-refractivity contribution is 5.92.